The monoisotopic (exact) mass is 401 g/mol. The Kier molecular flexibility index (Phi) is 6.06. The smallest absolute Gasteiger partial charge is 0.321 e. The van der Waals surface area contributed by atoms with E-state index in [2.05, 4.69) is 18.3 Å². The van der Waals surface area contributed by atoms with Crippen LogP contribution in [0.2, 0.25) is 0 Å². The maximum absolute atomic E-state index is 13.4. The average Bonchev–Trinajstić information content (AvgIpc) is 3.13. The van der Waals surface area contributed by atoms with Gasteiger partial charge >= 0.3 is 6.03 Å². The Balaban J connectivity index is 1.49. The SMILES string of the molecule is CCc1cccc(NC(=O)N2CC(C(=O)N3CCOCC3)C3(CCOCC3)C2)c1. The number of aryl methyl sites for hydroxylation is 1. The van der Waals surface area contributed by atoms with E-state index in [-0.39, 0.29) is 23.3 Å². The molecule has 1 aromatic carbocycles. The lowest BCUT2D eigenvalue weighted by molar-refractivity contribution is -0.144. The van der Waals surface area contributed by atoms with Crippen molar-refractivity contribution in [1.82, 2.24) is 9.80 Å². The fourth-order valence-corrected chi connectivity index (χ4v) is 4.82. The van der Waals surface area contributed by atoms with Gasteiger partial charge in [-0.2, -0.15) is 0 Å². The molecule has 0 aromatic heterocycles. The number of rotatable bonds is 3. The average molecular weight is 402 g/mol. The summed E-state index contributed by atoms with van der Waals surface area (Å²) in [5.74, 6) is -0.00398. The van der Waals surface area contributed by atoms with E-state index < -0.39 is 0 Å². The first-order valence-electron chi connectivity index (χ1n) is 10.7. The molecular formula is C22H31N3O4. The normalized spacial score (nSPS) is 24.0. The third kappa shape index (κ3) is 4.26. The number of ether oxygens (including phenoxy) is 2. The van der Waals surface area contributed by atoms with Crippen molar-refractivity contribution in [1.29, 1.82) is 0 Å². The molecule has 4 rings (SSSR count). The van der Waals surface area contributed by atoms with Gasteiger partial charge in [0.1, 0.15) is 0 Å². The van der Waals surface area contributed by atoms with Crippen LogP contribution in [0.1, 0.15) is 25.3 Å². The van der Waals surface area contributed by atoms with Crippen molar-refractivity contribution in [2.24, 2.45) is 11.3 Å². The highest BCUT2D eigenvalue weighted by Gasteiger charge is 2.52. The minimum absolute atomic E-state index is 0.124. The van der Waals surface area contributed by atoms with Crippen LogP contribution in [0.15, 0.2) is 24.3 Å². The maximum Gasteiger partial charge on any atom is 0.321 e. The van der Waals surface area contributed by atoms with Crippen molar-refractivity contribution in [2.45, 2.75) is 26.2 Å². The van der Waals surface area contributed by atoms with Crippen LogP contribution in [0.4, 0.5) is 10.5 Å². The van der Waals surface area contributed by atoms with Gasteiger partial charge in [0.25, 0.3) is 0 Å². The predicted molar refractivity (Wildman–Crippen MR) is 110 cm³/mol. The molecule has 3 amide bonds. The number of amides is 3. The van der Waals surface area contributed by atoms with Gasteiger partial charge in [0.15, 0.2) is 0 Å². The largest absolute Gasteiger partial charge is 0.381 e. The van der Waals surface area contributed by atoms with Gasteiger partial charge in [-0.3, -0.25) is 4.79 Å². The Morgan fingerprint density at radius 2 is 1.83 bits per heavy atom. The highest BCUT2D eigenvalue weighted by Crippen LogP contribution is 2.45. The van der Waals surface area contributed by atoms with Gasteiger partial charge < -0.3 is 24.6 Å². The lowest BCUT2D eigenvalue weighted by Crippen LogP contribution is -2.49. The summed E-state index contributed by atoms with van der Waals surface area (Å²) >= 11 is 0. The second-order valence-electron chi connectivity index (χ2n) is 8.33. The molecule has 1 spiro atoms. The van der Waals surface area contributed by atoms with Crippen LogP contribution in [-0.4, -0.2) is 74.3 Å². The quantitative estimate of drug-likeness (QED) is 0.844. The summed E-state index contributed by atoms with van der Waals surface area (Å²) in [5, 5.41) is 3.03. The summed E-state index contributed by atoms with van der Waals surface area (Å²) in [7, 11) is 0. The predicted octanol–water partition coefficient (Wildman–Crippen LogP) is 2.37. The number of hydrogen-bond acceptors (Lipinski definition) is 4. The summed E-state index contributed by atoms with van der Waals surface area (Å²) in [6, 6.07) is 7.81. The Morgan fingerprint density at radius 1 is 1.10 bits per heavy atom. The molecule has 0 bridgehead atoms. The standard InChI is InChI=1S/C22H31N3O4/c1-2-17-4-3-5-18(14-17)23-21(27)25-15-19(20(26)24-8-12-29-13-9-24)22(16-25)6-10-28-11-7-22/h3-5,14,19H,2,6-13,15-16H2,1H3,(H,23,27). The molecule has 1 atom stereocenters. The van der Waals surface area contributed by atoms with Crippen LogP contribution in [0.25, 0.3) is 0 Å². The van der Waals surface area contributed by atoms with Crippen LogP contribution in [0.3, 0.4) is 0 Å². The van der Waals surface area contributed by atoms with Gasteiger partial charge in [-0.25, -0.2) is 4.79 Å². The maximum atomic E-state index is 13.4. The van der Waals surface area contributed by atoms with Crippen LogP contribution in [-0.2, 0) is 20.7 Å². The summed E-state index contributed by atoms with van der Waals surface area (Å²) in [6.07, 6.45) is 2.57. The van der Waals surface area contributed by atoms with Crippen LogP contribution < -0.4 is 5.32 Å². The van der Waals surface area contributed by atoms with E-state index in [1.54, 1.807) is 0 Å². The van der Waals surface area contributed by atoms with Gasteiger partial charge in [-0.05, 0) is 37.0 Å². The van der Waals surface area contributed by atoms with Crippen LogP contribution in [0.5, 0.6) is 0 Å². The molecule has 29 heavy (non-hydrogen) atoms. The van der Waals surface area contributed by atoms with E-state index in [9.17, 15) is 9.59 Å². The molecule has 3 saturated heterocycles. The number of morpholine rings is 1. The zero-order chi connectivity index (χ0) is 20.3. The summed E-state index contributed by atoms with van der Waals surface area (Å²) in [6.45, 7) is 6.93. The number of nitrogens with one attached hydrogen (secondary N) is 1. The molecule has 3 aliphatic rings. The highest BCUT2D eigenvalue weighted by molar-refractivity contribution is 5.91. The molecule has 0 saturated carbocycles. The molecule has 7 nitrogen and oxygen atoms in total. The summed E-state index contributed by atoms with van der Waals surface area (Å²) < 4.78 is 11.0. The second kappa shape index (κ2) is 8.71. The van der Waals surface area contributed by atoms with Crippen molar-refractivity contribution in [3.63, 3.8) is 0 Å². The molecule has 1 unspecified atom stereocenters. The molecular weight excluding hydrogens is 370 g/mol. The molecule has 7 heteroatoms. The van der Waals surface area contributed by atoms with E-state index in [0.717, 1.165) is 24.9 Å². The first kappa shape index (κ1) is 20.2. The fourth-order valence-electron chi connectivity index (χ4n) is 4.82. The van der Waals surface area contributed by atoms with Crippen molar-refractivity contribution in [3.05, 3.63) is 29.8 Å². The minimum Gasteiger partial charge on any atom is -0.381 e. The molecule has 1 N–H and O–H groups in total. The van der Waals surface area contributed by atoms with Crippen molar-refractivity contribution in [2.75, 3.05) is 57.9 Å². The third-order valence-electron chi connectivity index (χ3n) is 6.63. The number of benzene rings is 1. The Bertz CT molecular complexity index is 741. The van der Waals surface area contributed by atoms with Crippen molar-refractivity contribution >= 4 is 17.6 Å². The molecule has 3 aliphatic heterocycles. The molecule has 0 aliphatic carbocycles. The molecule has 0 radical (unpaired) electrons. The molecule has 3 fully saturated rings. The molecule has 1 aromatic rings. The first-order chi connectivity index (χ1) is 14.1. The van der Waals surface area contributed by atoms with E-state index in [1.165, 1.54) is 5.56 Å². The number of carbonyl (C=O) groups excluding carboxylic acids is 2. The Hall–Kier alpha value is -2.12. The zero-order valence-electron chi connectivity index (χ0n) is 17.2. The zero-order valence-corrected chi connectivity index (χ0v) is 17.2. The Labute approximate surface area is 172 Å². The number of anilines is 1. The highest BCUT2D eigenvalue weighted by atomic mass is 16.5. The topological polar surface area (TPSA) is 71.1 Å². The van der Waals surface area contributed by atoms with Gasteiger partial charge in [-0.15, -0.1) is 0 Å². The number of hydrogen-bond donors (Lipinski definition) is 1. The third-order valence-corrected chi connectivity index (χ3v) is 6.63. The van der Waals surface area contributed by atoms with E-state index in [4.69, 9.17) is 9.47 Å². The number of likely N-dealkylation sites (tertiary alicyclic amines) is 1. The van der Waals surface area contributed by atoms with Gasteiger partial charge in [0, 0.05) is 50.5 Å². The first-order valence-corrected chi connectivity index (χ1v) is 10.7. The van der Waals surface area contributed by atoms with E-state index >= 15 is 0 Å². The number of nitrogens with zero attached hydrogens (tertiary/aromatic N) is 2. The Morgan fingerprint density at radius 3 is 2.55 bits per heavy atom. The fraction of sp³-hybridized carbons (Fsp3) is 0.636. The van der Waals surface area contributed by atoms with Crippen molar-refractivity contribution in [3.8, 4) is 0 Å². The van der Waals surface area contributed by atoms with Gasteiger partial charge in [0.05, 0.1) is 19.1 Å². The molecule has 3 heterocycles. The number of carbonyl (C=O) groups is 2. The summed E-state index contributed by atoms with van der Waals surface area (Å²) in [4.78, 5) is 30.1. The van der Waals surface area contributed by atoms with Crippen molar-refractivity contribution < 1.29 is 19.1 Å². The van der Waals surface area contributed by atoms with Crippen LogP contribution in [0, 0.1) is 11.3 Å². The lowest BCUT2D eigenvalue weighted by Gasteiger charge is -2.39. The van der Waals surface area contributed by atoms with E-state index in [1.807, 2.05) is 28.0 Å². The van der Waals surface area contributed by atoms with Crippen LogP contribution >= 0.6 is 0 Å². The van der Waals surface area contributed by atoms with Gasteiger partial charge in [0.2, 0.25) is 5.91 Å². The lowest BCUT2D eigenvalue weighted by atomic mass is 9.71. The summed E-state index contributed by atoms with van der Waals surface area (Å²) in [5.41, 5.74) is 1.81. The minimum atomic E-state index is -0.184. The molecule has 158 valence electrons. The second-order valence-corrected chi connectivity index (χ2v) is 8.33. The van der Waals surface area contributed by atoms with E-state index in [0.29, 0.717) is 52.6 Å². The van der Waals surface area contributed by atoms with Gasteiger partial charge in [-0.1, -0.05) is 19.1 Å². The number of urea groups is 1.